The van der Waals surface area contributed by atoms with Crippen molar-refractivity contribution in [3.63, 3.8) is 0 Å². The number of ketones is 1. The van der Waals surface area contributed by atoms with Gasteiger partial charge in [0.2, 0.25) is 0 Å². The summed E-state index contributed by atoms with van der Waals surface area (Å²) in [5, 5.41) is 0. The Morgan fingerprint density at radius 2 is 1.38 bits per heavy atom. The van der Waals surface area contributed by atoms with Crippen molar-refractivity contribution < 1.29 is 4.79 Å². The molecule has 0 saturated heterocycles. The summed E-state index contributed by atoms with van der Waals surface area (Å²) < 4.78 is 0. The number of hydrogen-bond acceptors (Lipinski definition) is 1. The molecule has 1 heteroatoms. The second-order valence-electron chi connectivity index (χ2n) is 5.03. The maximum atomic E-state index is 12.0. The first kappa shape index (κ1) is 10.7. The fourth-order valence-electron chi connectivity index (χ4n) is 2.44. The third-order valence-electron chi connectivity index (χ3n) is 3.37. The third-order valence-corrected chi connectivity index (χ3v) is 3.37. The first-order valence-electron chi connectivity index (χ1n) is 5.57. The minimum Gasteiger partial charge on any atom is -0.299 e. The second-order valence-corrected chi connectivity index (χ2v) is 5.03. The molecular formula is C12H22O. The minimum atomic E-state index is 0.348. The molecule has 0 bridgehead atoms. The Kier molecular flexibility index (Phi) is 3.52. The van der Waals surface area contributed by atoms with Crippen LogP contribution >= 0.6 is 0 Å². The zero-order valence-electron chi connectivity index (χ0n) is 9.34. The van der Waals surface area contributed by atoms with E-state index in [4.69, 9.17) is 0 Å². The summed E-state index contributed by atoms with van der Waals surface area (Å²) in [6.07, 6.45) is 3.50. The quantitative estimate of drug-likeness (QED) is 0.640. The van der Waals surface area contributed by atoms with Crippen LogP contribution in [0.5, 0.6) is 0 Å². The largest absolute Gasteiger partial charge is 0.299 e. The summed E-state index contributed by atoms with van der Waals surface area (Å²) >= 11 is 0. The van der Waals surface area contributed by atoms with Crippen molar-refractivity contribution in [2.75, 3.05) is 0 Å². The van der Waals surface area contributed by atoms with Crippen molar-refractivity contribution >= 4 is 5.78 Å². The molecule has 76 valence electrons. The van der Waals surface area contributed by atoms with E-state index in [9.17, 15) is 4.79 Å². The molecule has 1 aliphatic rings. The van der Waals surface area contributed by atoms with Gasteiger partial charge in [-0.05, 0) is 24.7 Å². The molecule has 0 unspecified atom stereocenters. The lowest BCUT2D eigenvalue weighted by atomic mass is 9.71. The second kappa shape index (κ2) is 4.26. The molecule has 2 atom stereocenters. The first-order chi connectivity index (χ1) is 6.04. The number of carbonyl (C=O) groups excluding carboxylic acids is 1. The number of hydrogen-bond donors (Lipinski definition) is 0. The predicted octanol–water partition coefficient (Wildman–Crippen LogP) is 3.28. The Morgan fingerprint density at radius 1 is 1.00 bits per heavy atom. The van der Waals surface area contributed by atoms with E-state index >= 15 is 0 Å². The maximum Gasteiger partial charge on any atom is 0.139 e. The van der Waals surface area contributed by atoms with Gasteiger partial charge in [0, 0.05) is 11.8 Å². The van der Waals surface area contributed by atoms with Crippen LogP contribution in [0.2, 0.25) is 0 Å². The van der Waals surface area contributed by atoms with Crippen molar-refractivity contribution in [2.24, 2.45) is 23.7 Å². The lowest BCUT2D eigenvalue weighted by molar-refractivity contribution is -0.132. The van der Waals surface area contributed by atoms with Crippen LogP contribution in [0, 0.1) is 23.7 Å². The molecule has 1 nitrogen and oxygen atoms in total. The molecule has 13 heavy (non-hydrogen) atoms. The van der Waals surface area contributed by atoms with Crippen LogP contribution in [0.4, 0.5) is 0 Å². The molecule has 0 amide bonds. The topological polar surface area (TPSA) is 17.1 Å². The highest BCUT2D eigenvalue weighted by Crippen LogP contribution is 2.34. The van der Waals surface area contributed by atoms with E-state index in [-0.39, 0.29) is 0 Å². The van der Waals surface area contributed by atoms with Crippen molar-refractivity contribution in [3.05, 3.63) is 0 Å². The van der Waals surface area contributed by atoms with E-state index < -0.39 is 0 Å². The highest BCUT2D eigenvalue weighted by Gasteiger charge is 2.34. The van der Waals surface area contributed by atoms with Gasteiger partial charge in [0.15, 0.2) is 0 Å². The molecule has 0 aromatic carbocycles. The molecule has 0 aromatic heterocycles. The maximum absolute atomic E-state index is 12.0. The van der Waals surface area contributed by atoms with E-state index in [1.807, 2.05) is 0 Å². The van der Waals surface area contributed by atoms with Gasteiger partial charge in [0.05, 0.1) is 0 Å². The van der Waals surface area contributed by atoms with Crippen LogP contribution < -0.4 is 0 Å². The average Bonchev–Trinajstić information content (AvgIpc) is 2.03. The normalized spacial score (nSPS) is 30.2. The van der Waals surface area contributed by atoms with E-state index in [1.54, 1.807) is 0 Å². The molecule has 0 aromatic rings. The minimum absolute atomic E-state index is 0.348. The smallest absolute Gasteiger partial charge is 0.139 e. The zero-order valence-corrected chi connectivity index (χ0v) is 9.34. The molecule has 1 aliphatic carbocycles. The Hall–Kier alpha value is -0.330. The summed E-state index contributed by atoms with van der Waals surface area (Å²) in [6.45, 7) is 8.69. The number of Topliss-reactive ketones (excluding diaryl/α,β-unsaturated/α-hetero) is 1. The van der Waals surface area contributed by atoms with Crippen molar-refractivity contribution in [3.8, 4) is 0 Å². The summed E-state index contributed by atoms with van der Waals surface area (Å²) in [5.74, 6) is 2.31. The fourth-order valence-corrected chi connectivity index (χ4v) is 2.44. The standard InChI is InChI=1S/C12H22O/c1-8(2)10-6-5-7-11(9(3)4)12(10)13/h8-11H,5-7H2,1-4H3/t10-,11-/m1/s1. The highest BCUT2D eigenvalue weighted by molar-refractivity contribution is 5.84. The van der Waals surface area contributed by atoms with Gasteiger partial charge in [0.1, 0.15) is 5.78 Å². The van der Waals surface area contributed by atoms with Gasteiger partial charge in [-0.3, -0.25) is 4.79 Å². The van der Waals surface area contributed by atoms with E-state index in [2.05, 4.69) is 27.7 Å². The summed E-state index contributed by atoms with van der Waals surface area (Å²) in [6, 6.07) is 0. The van der Waals surface area contributed by atoms with Gasteiger partial charge in [-0.25, -0.2) is 0 Å². The Labute approximate surface area is 81.9 Å². The van der Waals surface area contributed by atoms with Gasteiger partial charge >= 0.3 is 0 Å². The number of rotatable bonds is 2. The molecule has 1 saturated carbocycles. The van der Waals surface area contributed by atoms with Crippen LogP contribution in [0.15, 0.2) is 0 Å². The Bertz CT molecular complexity index is 164. The van der Waals surface area contributed by atoms with Crippen LogP contribution in [0.3, 0.4) is 0 Å². The monoisotopic (exact) mass is 182 g/mol. The molecular weight excluding hydrogens is 160 g/mol. The van der Waals surface area contributed by atoms with Crippen LogP contribution in [0.25, 0.3) is 0 Å². The van der Waals surface area contributed by atoms with Crippen molar-refractivity contribution in [1.82, 2.24) is 0 Å². The molecule has 0 heterocycles. The van der Waals surface area contributed by atoms with E-state index in [0.29, 0.717) is 29.5 Å². The van der Waals surface area contributed by atoms with Gasteiger partial charge in [-0.15, -0.1) is 0 Å². The van der Waals surface area contributed by atoms with Crippen LogP contribution in [-0.2, 0) is 4.79 Å². The Morgan fingerprint density at radius 3 is 1.69 bits per heavy atom. The van der Waals surface area contributed by atoms with Gasteiger partial charge in [0.25, 0.3) is 0 Å². The average molecular weight is 182 g/mol. The third kappa shape index (κ3) is 2.32. The van der Waals surface area contributed by atoms with Gasteiger partial charge in [-0.2, -0.15) is 0 Å². The van der Waals surface area contributed by atoms with Gasteiger partial charge < -0.3 is 0 Å². The van der Waals surface area contributed by atoms with Crippen LogP contribution in [-0.4, -0.2) is 5.78 Å². The molecule has 0 radical (unpaired) electrons. The van der Waals surface area contributed by atoms with E-state index in [1.165, 1.54) is 6.42 Å². The lowest BCUT2D eigenvalue weighted by Gasteiger charge is -2.32. The number of carbonyl (C=O) groups is 1. The summed E-state index contributed by atoms with van der Waals surface area (Å²) in [7, 11) is 0. The SMILES string of the molecule is CC(C)[C@H]1CCC[C@H](C(C)C)C1=O. The van der Waals surface area contributed by atoms with Gasteiger partial charge in [-0.1, -0.05) is 34.1 Å². The predicted molar refractivity (Wildman–Crippen MR) is 55.5 cm³/mol. The molecule has 1 rings (SSSR count). The van der Waals surface area contributed by atoms with E-state index in [0.717, 1.165) is 12.8 Å². The molecule has 0 aliphatic heterocycles. The van der Waals surface area contributed by atoms with Crippen LogP contribution in [0.1, 0.15) is 47.0 Å². The molecule has 0 N–H and O–H groups in total. The van der Waals surface area contributed by atoms with Crippen molar-refractivity contribution in [2.45, 2.75) is 47.0 Å². The summed E-state index contributed by atoms with van der Waals surface area (Å²) in [5.41, 5.74) is 0. The highest BCUT2D eigenvalue weighted by atomic mass is 16.1. The molecule has 0 spiro atoms. The zero-order chi connectivity index (χ0) is 10.0. The summed E-state index contributed by atoms with van der Waals surface area (Å²) in [4.78, 5) is 12.0. The van der Waals surface area contributed by atoms with Crippen molar-refractivity contribution in [1.29, 1.82) is 0 Å². The fraction of sp³-hybridized carbons (Fsp3) is 0.917. The lowest BCUT2D eigenvalue weighted by Crippen LogP contribution is -2.34. The Balaban J connectivity index is 2.66. The first-order valence-corrected chi connectivity index (χ1v) is 5.57. The molecule has 1 fully saturated rings.